The largest absolute Gasteiger partial charge is 0.489 e. The van der Waals surface area contributed by atoms with Gasteiger partial charge in [-0.2, -0.15) is 0 Å². The van der Waals surface area contributed by atoms with E-state index < -0.39 is 95.8 Å². The molecule has 4 aliphatic rings. The number of esters is 1. The lowest BCUT2D eigenvalue weighted by Gasteiger charge is -2.48. The molecule has 0 radical (unpaired) electrons. The summed E-state index contributed by atoms with van der Waals surface area (Å²) in [6, 6.07) is -0.377. The Hall–Kier alpha value is -1.43. The molecule has 0 spiro atoms. The predicted octanol–water partition coefficient (Wildman–Crippen LogP) is 2.25. The van der Waals surface area contributed by atoms with Gasteiger partial charge in [0.05, 0.1) is 42.5 Å². The molecule has 2 bridgehead atoms. The van der Waals surface area contributed by atoms with E-state index in [9.17, 15) is 30.3 Å². The first-order valence-electron chi connectivity index (χ1n) is 19.0. The van der Waals surface area contributed by atoms with E-state index in [1.165, 1.54) is 14.0 Å². The van der Waals surface area contributed by atoms with Crippen LogP contribution in [0.1, 0.15) is 94.9 Å². The highest BCUT2D eigenvalue weighted by Gasteiger charge is 2.56. The van der Waals surface area contributed by atoms with Gasteiger partial charge in [-0.25, -0.2) is 0 Å². The summed E-state index contributed by atoms with van der Waals surface area (Å²) in [7, 11) is 3.35. The number of likely N-dealkylation sites (N-methyl/N-ethyl adjacent to an activating group) is 1. The Morgan fingerprint density at radius 2 is 1.63 bits per heavy atom. The van der Waals surface area contributed by atoms with Crippen LogP contribution in [-0.4, -0.2) is 148 Å². The quantitative estimate of drug-likeness (QED) is 0.217. The summed E-state index contributed by atoms with van der Waals surface area (Å²) in [6.45, 7) is 18.1. The van der Waals surface area contributed by atoms with E-state index in [0.29, 0.717) is 25.1 Å². The molecule has 14 heteroatoms. The molecule has 4 heterocycles. The number of nitrogens with zero attached hydrogens (tertiary/aromatic N) is 1. The third-order valence-electron chi connectivity index (χ3n) is 12.3. The molecule has 14 nitrogen and oxygen atoms in total. The minimum atomic E-state index is -1.84. The number of hydrogen-bond acceptors (Lipinski definition) is 14. The van der Waals surface area contributed by atoms with Crippen molar-refractivity contribution in [3.63, 3.8) is 0 Å². The van der Waals surface area contributed by atoms with Gasteiger partial charge < -0.3 is 58.7 Å². The second kappa shape index (κ2) is 16.7. The van der Waals surface area contributed by atoms with Gasteiger partial charge in [0.2, 0.25) is 0 Å². The van der Waals surface area contributed by atoms with Crippen LogP contribution >= 0.6 is 0 Å². The van der Waals surface area contributed by atoms with Crippen molar-refractivity contribution >= 4 is 5.97 Å². The fourth-order valence-electron chi connectivity index (χ4n) is 8.98. The van der Waals surface area contributed by atoms with Crippen LogP contribution in [0.15, 0.2) is 11.3 Å². The first-order valence-corrected chi connectivity index (χ1v) is 19.0. The summed E-state index contributed by atoms with van der Waals surface area (Å²) in [5.74, 6) is -2.45. The number of hydrogen-bond donors (Lipinski definition) is 5. The fraction of sp³-hybridized carbons (Fsp3) is 0.921. The molecule has 3 fully saturated rings. The van der Waals surface area contributed by atoms with Crippen LogP contribution in [0.2, 0.25) is 0 Å². The van der Waals surface area contributed by atoms with Crippen molar-refractivity contribution in [3.8, 4) is 0 Å². The van der Waals surface area contributed by atoms with E-state index in [-0.39, 0.29) is 31.6 Å². The summed E-state index contributed by atoms with van der Waals surface area (Å²) in [5.41, 5.74) is -3.10. The number of carbonyl (C=O) groups excluding carboxylic acids is 1. The van der Waals surface area contributed by atoms with Crippen molar-refractivity contribution in [1.29, 1.82) is 0 Å². The molecule has 0 aromatic carbocycles. The summed E-state index contributed by atoms with van der Waals surface area (Å²) in [4.78, 5) is 16.0. The molecule has 0 aromatic heterocycles. The lowest BCUT2D eigenvalue weighted by atomic mass is 9.78. The average Bonchev–Trinajstić information content (AvgIpc) is 3.40. The van der Waals surface area contributed by atoms with Gasteiger partial charge >= 0.3 is 5.97 Å². The SMILES string of the molecule is CC[C@H]1OC(=O)[C@H](C)[C@@H](O[C@H]2C[C@@](C)(OC)[C@@H](O)[C@H](C)O2)[C@H](C)[C@@H](O[C@@H]2O[C@H](C)C[C@H](N(C)CCO)[C@H]2O)[C@@]2(C)CC(C)=C(O2)[C@H](C)[C@@H](O)[C@]1(C)O. The summed E-state index contributed by atoms with van der Waals surface area (Å²) >= 11 is 0. The topological polar surface area (TPSA) is 186 Å². The standard InChI is InChI=1S/C38H67NO13/c1-13-26-38(10,45)31(42)21(4)29-19(2)17-37(9,52-29)33(51-35-28(41)25(16-20(3)47-35)39(11)14-15-40)22(5)30(23(6)34(44)49-26)50-27-18-36(8,46-12)32(43)24(7)48-27/h20-28,30-33,35,40-43,45H,13-18H2,1-12H3/t20-,21+,22+,23-,24+,25+,26-,27+,28-,30+,31-,32+,33-,35+,36-,37-,38-/m1/s1. The van der Waals surface area contributed by atoms with E-state index in [4.69, 9.17) is 33.2 Å². The average molecular weight is 746 g/mol. The molecule has 302 valence electrons. The van der Waals surface area contributed by atoms with Crippen molar-refractivity contribution in [2.24, 2.45) is 17.8 Å². The molecule has 4 rings (SSSR count). The predicted molar refractivity (Wildman–Crippen MR) is 190 cm³/mol. The first-order chi connectivity index (χ1) is 24.1. The van der Waals surface area contributed by atoms with E-state index >= 15 is 0 Å². The molecule has 0 aliphatic carbocycles. The van der Waals surface area contributed by atoms with Crippen molar-refractivity contribution < 1.29 is 63.5 Å². The van der Waals surface area contributed by atoms with Gasteiger partial charge in [-0.1, -0.05) is 20.8 Å². The lowest BCUT2D eigenvalue weighted by Crippen LogP contribution is -2.60. The van der Waals surface area contributed by atoms with Crippen LogP contribution in [0.25, 0.3) is 0 Å². The Bertz CT molecular complexity index is 1250. The number of aliphatic hydroxyl groups excluding tert-OH is 4. The molecule has 3 saturated heterocycles. The maximum Gasteiger partial charge on any atom is 0.311 e. The van der Waals surface area contributed by atoms with Crippen molar-refractivity contribution in [1.82, 2.24) is 4.90 Å². The minimum Gasteiger partial charge on any atom is -0.489 e. The van der Waals surface area contributed by atoms with Gasteiger partial charge in [-0.05, 0) is 73.9 Å². The van der Waals surface area contributed by atoms with Crippen LogP contribution < -0.4 is 0 Å². The molecule has 0 aromatic rings. The summed E-state index contributed by atoms with van der Waals surface area (Å²) in [6.07, 6.45) is -8.00. The molecular weight excluding hydrogens is 678 g/mol. The van der Waals surface area contributed by atoms with Crippen molar-refractivity contribution in [2.45, 2.75) is 179 Å². The Morgan fingerprint density at radius 3 is 2.23 bits per heavy atom. The van der Waals surface area contributed by atoms with E-state index in [2.05, 4.69) is 0 Å². The van der Waals surface area contributed by atoms with Crippen LogP contribution in [0, 0.1) is 17.8 Å². The first kappa shape index (κ1) is 43.3. The maximum absolute atomic E-state index is 14.1. The van der Waals surface area contributed by atoms with Crippen LogP contribution in [0.3, 0.4) is 0 Å². The van der Waals surface area contributed by atoms with Gasteiger partial charge in [0.1, 0.15) is 41.4 Å². The Morgan fingerprint density at radius 1 is 0.981 bits per heavy atom. The highest BCUT2D eigenvalue weighted by Crippen LogP contribution is 2.47. The lowest BCUT2D eigenvalue weighted by molar-refractivity contribution is -0.317. The fourth-order valence-corrected chi connectivity index (χ4v) is 8.98. The van der Waals surface area contributed by atoms with Crippen LogP contribution in [0.4, 0.5) is 0 Å². The number of aliphatic hydroxyl groups is 5. The van der Waals surface area contributed by atoms with E-state index in [0.717, 1.165) is 5.57 Å². The van der Waals surface area contributed by atoms with Crippen molar-refractivity contribution in [2.75, 3.05) is 27.3 Å². The van der Waals surface area contributed by atoms with Crippen LogP contribution in [0.5, 0.6) is 0 Å². The van der Waals surface area contributed by atoms with Gasteiger partial charge in [-0.15, -0.1) is 0 Å². The van der Waals surface area contributed by atoms with E-state index in [1.54, 1.807) is 34.6 Å². The van der Waals surface area contributed by atoms with E-state index in [1.807, 2.05) is 39.6 Å². The second-order valence-corrected chi connectivity index (χ2v) is 16.6. The smallest absolute Gasteiger partial charge is 0.311 e. The molecule has 4 aliphatic heterocycles. The number of cyclic esters (lactones) is 1. The van der Waals surface area contributed by atoms with Crippen LogP contribution in [-0.2, 0) is 38.0 Å². The molecule has 5 N–H and O–H groups in total. The highest BCUT2D eigenvalue weighted by atomic mass is 16.7. The van der Waals surface area contributed by atoms with Gasteiger partial charge in [-0.3, -0.25) is 9.69 Å². The van der Waals surface area contributed by atoms with Gasteiger partial charge in [0.25, 0.3) is 0 Å². The van der Waals surface area contributed by atoms with Gasteiger partial charge in [0.15, 0.2) is 12.6 Å². The molecule has 0 saturated carbocycles. The highest BCUT2D eigenvalue weighted by molar-refractivity contribution is 5.73. The molecular formula is C38H67NO13. The second-order valence-electron chi connectivity index (χ2n) is 16.6. The normalized spacial score (nSPS) is 48.1. The number of ether oxygens (including phenoxy) is 7. The molecule has 17 atom stereocenters. The minimum absolute atomic E-state index is 0.0798. The Balaban J connectivity index is 1.83. The third kappa shape index (κ3) is 8.52. The number of carbonyl (C=O) groups is 1. The zero-order chi connectivity index (χ0) is 39.1. The third-order valence-corrected chi connectivity index (χ3v) is 12.3. The Kier molecular flexibility index (Phi) is 13.9. The zero-order valence-electron chi connectivity index (χ0n) is 33.3. The number of rotatable bonds is 9. The monoisotopic (exact) mass is 745 g/mol. The number of methoxy groups -OCH3 is 1. The molecule has 0 amide bonds. The molecule has 0 unspecified atom stereocenters. The zero-order valence-corrected chi connectivity index (χ0v) is 33.3. The van der Waals surface area contributed by atoms with Crippen molar-refractivity contribution in [3.05, 3.63) is 11.3 Å². The Labute approximate surface area is 309 Å². The summed E-state index contributed by atoms with van der Waals surface area (Å²) in [5, 5.41) is 55.7. The van der Waals surface area contributed by atoms with Gasteiger partial charge in [0, 0.05) is 44.4 Å². The maximum atomic E-state index is 14.1. The number of fused-ring (bicyclic) bond motifs is 2. The summed E-state index contributed by atoms with van der Waals surface area (Å²) < 4.78 is 44.7. The molecule has 52 heavy (non-hydrogen) atoms.